The molecule has 0 radical (unpaired) electrons. The van der Waals surface area contributed by atoms with Crippen molar-refractivity contribution in [3.63, 3.8) is 0 Å². The summed E-state index contributed by atoms with van der Waals surface area (Å²) in [5.41, 5.74) is 1.50. The van der Waals surface area contributed by atoms with E-state index in [0.29, 0.717) is 22.2 Å². The van der Waals surface area contributed by atoms with E-state index in [4.69, 9.17) is 14.2 Å². The number of methoxy groups -OCH3 is 1. The zero-order valence-electron chi connectivity index (χ0n) is 16.8. The molecule has 2 heterocycles. The largest absolute Gasteiger partial charge is 0.496 e. The Morgan fingerprint density at radius 3 is 2.84 bits per heavy atom. The molecule has 4 rings (SSSR count). The predicted octanol–water partition coefficient (Wildman–Crippen LogP) is 2.82. The number of hydrogen-bond acceptors (Lipinski definition) is 7. The molecule has 9 heteroatoms. The van der Waals surface area contributed by atoms with E-state index >= 15 is 0 Å². The van der Waals surface area contributed by atoms with Gasteiger partial charge < -0.3 is 19.5 Å². The van der Waals surface area contributed by atoms with Crippen molar-refractivity contribution in [2.45, 2.75) is 6.42 Å². The minimum atomic E-state index is -0.383. The van der Waals surface area contributed by atoms with Crippen LogP contribution in [0.3, 0.4) is 0 Å². The molecule has 160 valence electrons. The summed E-state index contributed by atoms with van der Waals surface area (Å²) in [7, 11) is 1.55. The lowest BCUT2D eigenvalue weighted by molar-refractivity contribution is -0.124. The monoisotopic (exact) mass is 440 g/mol. The molecule has 0 atom stereocenters. The molecule has 2 aliphatic rings. The van der Waals surface area contributed by atoms with Gasteiger partial charge in [0, 0.05) is 18.7 Å². The molecule has 0 bridgehead atoms. The van der Waals surface area contributed by atoms with E-state index in [0.717, 1.165) is 27.8 Å². The van der Waals surface area contributed by atoms with Crippen molar-refractivity contribution in [3.05, 3.63) is 58.5 Å². The van der Waals surface area contributed by atoms with Gasteiger partial charge in [0.05, 0.1) is 18.4 Å². The standard InChI is InChI=1S/C22H20N2O6S/c1-28-16-5-3-2-4-15(16)12-20(25)23-8-9-24-21(26)19(31-22(24)27)11-14-6-7-17-18(10-14)30-13-29-17/h2-7,10-11H,8-9,12-13H2,1H3,(H,23,25)/b19-11-. The van der Waals surface area contributed by atoms with E-state index in [-0.39, 0.29) is 43.4 Å². The molecule has 8 nitrogen and oxygen atoms in total. The van der Waals surface area contributed by atoms with Crippen LogP contribution in [0.4, 0.5) is 4.79 Å². The van der Waals surface area contributed by atoms with Crippen LogP contribution in [0.15, 0.2) is 47.4 Å². The van der Waals surface area contributed by atoms with E-state index in [1.807, 2.05) is 18.2 Å². The fraction of sp³-hybridized carbons (Fsp3) is 0.227. The zero-order chi connectivity index (χ0) is 21.8. The lowest BCUT2D eigenvalue weighted by Crippen LogP contribution is -2.37. The highest BCUT2D eigenvalue weighted by atomic mass is 32.2. The Morgan fingerprint density at radius 2 is 2.00 bits per heavy atom. The van der Waals surface area contributed by atoms with Crippen molar-refractivity contribution in [2.24, 2.45) is 0 Å². The van der Waals surface area contributed by atoms with Crippen LogP contribution in [0.25, 0.3) is 6.08 Å². The number of ether oxygens (including phenoxy) is 3. The summed E-state index contributed by atoms with van der Waals surface area (Å²) >= 11 is 0.874. The van der Waals surface area contributed by atoms with Crippen molar-refractivity contribution in [2.75, 3.05) is 27.0 Å². The number of imide groups is 1. The molecule has 2 aliphatic heterocycles. The minimum Gasteiger partial charge on any atom is -0.496 e. The number of fused-ring (bicyclic) bond motifs is 1. The zero-order valence-corrected chi connectivity index (χ0v) is 17.6. The summed E-state index contributed by atoms with van der Waals surface area (Å²) in [6.45, 7) is 0.433. The van der Waals surface area contributed by atoms with Gasteiger partial charge in [-0.25, -0.2) is 0 Å². The van der Waals surface area contributed by atoms with Gasteiger partial charge >= 0.3 is 0 Å². The number of rotatable bonds is 7. The minimum absolute atomic E-state index is 0.0980. The first-order valence-electron chi connectivity index (χ1n) is 9.59. The highest BCUT2D eigenvalue weighted by molar-refractivity contribution is 8.18. The van der Waals surface area contributed by atoms with Crippen LogP contribution >= 0.6 is 11.8 Å². The first-order valence-corrected chi connectivity index (χ1v) is 10.4. The van der Waals surface area contributed by atoms with Gasteiger partial charge in [-0.05, 0) is 41.6 Å². The summed E-state index contributed by atoms with van der Waals surface area (Å²) < 4.78 is 15.9. The highest BCUT2D eigenvalue weighted by Crippen LogP contribution is 2.36. The van der Waals surface area contributed by atoms with Crippen LogP contribution in [0.1, 0.15) is 11.1 Å². The normalized spacial score (nSPS) is 16.2. The molecule has 31 heavy (non-hydrogen) atoms. The molecular formula is C22H20N2O6S. The number of carbonyl (C=O) groups is 3. The summed E-state index contributed by atoms with van der Waals surface area (Å²) in [6.07, 6.45) is 1.79. The average molecular weight is 440 g/mol. The SMILES string of the molecule is COc1ccccc1CC(=O)NCCN1C(=O)S/C(=C\c2ccc3c(c2)OCO3)C1=O. The van der Waals surface area contributed by atoms with Crippen LogP contribution < -0.4 is 19.5 Å². The second-order valence-electron chi connectivity index (χ2n) is 6.78. The van der Waals surface area contributed by atoms with Crippen LogP contribution in [-0.2, 0) is 16.0 Å². The molecule has 0 unspecified atom stereocenters. The third-order valence-corrected chi connectivity index (χ3v) is 5.68. The quantitative estimate of drug-likeness (QED) is 0.662. The number of nitrogens with zero attached hydrogens (tertiary/aromatic N) is 1. The van der Waals surface area contributed by atoms with E-state index in [1.54, 1.807) is 37.5 Å². The molecule has 0 aliphatic carbocycles. The number of para-hydroxylation sites is 1. The molecule has 2 aromatic rings. The van der Waals surface area contributed by atoms with Crippen LogP contribution in [-0.4, -0.2) is 48.9 Å². The Bertz CT molecular complexity index is 1070. The highest BCUT2D eigenvalue weighted by Gasteiger charge is 2.34. The van der Waals surface area contributed by atoms with Gasteiger partial charge in [-0.1, -0.05) is 24.3 Å². The maximum absolute atomic E-state index is 12.6. The Morgan fingerprint density at radius 1 is 1.19 bits per heavy atom. The first kappa shape index (κ1) is 20.8. The maximum Gasteiger partial charge on any atom is 0.293 e. The van der Waals surface area contributed by atoms with Crippen LogP contribution in [0.2, 0.25) is 0 Å². The number of benzene rings is 2. The van der Waals surface area contributed by atoms with Gasteiger partial charge in [-0.3, -0.25) is 19.3 Å². The Hall–Kier alpha value is -3.46. The fourth-order valence-corrected chi connectivity index (χ4v) is 4.10. The van der Waals surface area contributed by atoms with Crippen molar-refractivity contribution >= 4 is 34.9 Å². The second-order valence-corrected chi connectivity index (χ2v) is 7.78. The predicted molar refractivity (Wildman–Crippen MR) is 115 cm³/mol. The number of hydrogen-bond donors (Lipinski definition) is 1. The topological polar surface area (TPSA) is 94.2 Å². The Labute approximate surface area is 183 Å². The Balaban J connectivity index is 1.32. The van der Waals surface area contributed by atoms with Crippen LogP contribution in [0, 0.1) is 0 Å². The molecule has 3 amide bonds. The summed E-state index contributed by atoms with van der Waals surface area (Å²) in [5, 5.41) is 2.38. The van der Waals surface area contributed by atoms with E-state index < -0.39 is 0 Å². The molecule has 0 aromatic heterocycles. The summed E-state index contributed by atoms with van der Waals surface area (Å²) in [6, 6.07) is 12.6. The number of carbonyl (C=O) groups excluding carboxylic acids is 3. The molecule has 2 aromatic carbocycles. The lowest BCUT2D eigenvalue weighted by atomic mass is 10.1. The van der Waals surface area contributed by atoms with E-state index in [2.05, 4.69) is 5.32 Å². The van der Waals surface area contributed by atoms with Crippen LogP contribution in [0.5, 0.6) is 17.2 Å². The molecular weight excluding hydrogens is 420 g/mol. The smallest absolute Gasteiger partial charge is 0.293 e. The van der Waals surface area contributed by atoms with Gasteiger partial charge in [-0.15, -0.1) is 0 Å². The number of amides is 3. The number of nitrogens with one attached hydrogen (secondary N) is 1. The molecule has 1 N–H and O–H groups in total. The average Bonchev–Trinajstić information content (AvgIpc) is 3.33. The van der Waals surface area contributed by atoms with E-state index in [9.17, 15) is 14.4 Å². The van der Waals surface area contributed by atoms with Gasteiger partial charge in [0.25, 0.3) is 11.1 Å². The fourth-order valence-electron chi connectivity index (χ4n) is 3.24. The molecule has 0 spiro atoms. The maximum atomic E-state index is 12.6. The molecule has 1 fully saturated rings. The van der Waals surface area contributed by atoms with E-state index in [1.165, 1.54) is 0 Å². The van der Waals surface area contributed by atoms with Crippen molar-refractivity contribution < 1.29 is 28.6 Å². The molecule has 1 saturated heterocycles. The second kappa shape index (κ2) is 9.13. The third kappa shape index (κ3) is 4.66. The van der Waals surface area contributed by atoms with Gasteiger partial charge in [0.1, 0.15) is 5.75 Å². The van der Waals surface area contributed by atoms with Crippen molar-refractivity contribution in [1.82, 2.24) is 10.2 Å². The van der Waals surface area contributed by atoms with Crippen molar-refractivity contribution in [1.29, 1.82) is 0 Å². The summed E-state index contributed by atoms with van der Waals surface area (Å²) in [5.74, 6) is 1.29. The third-order valence-electron chi connectivity index (χ3n) is 4.77. The summed E-state index contributed by atoms with van der Waals surface area (Å²) in [4.78, 5) is 38.6. The van der Waals surface area contributed by atoms with Gasteiger partial charge in [0.2, 0.25) is 12.7 Å². The van der Waals surface area contributed by atoms with Gasteiger partial charge in [-0.2, -0.15) is 0 Å². The first-order chi connectivity index (χ1) is 15.0. The molecule has 0 saturated carbocycles. The lowest BCUT2D eigenvalue weighted by Gasteiger charge is -2.13. The number of thioether (sulfide) groups is 1. The van der Waals surface area contributed by atoms with Gasteiger partial charge in [0.15, 0.2) is 11.5 Å². The Kier molecular flexibility index (Phi) is 6.13. The van der Waals surface area contributed by atoms with Crippen molar-refractivity contribution in [3.8, 4) is 17.2 Å².